The van der Waals surface area contributed by atoms with Gasteiger partial charge in [0, 0.05) is 24.1 Å². The lowest BCUT2D eigenvalue weighted by molar-refractivity contribution is -0.256. The largest absolute Gasteiger partial charge is 0.346 e. The van der Waals surface area contributed by atoms with Crippen LogP contribution in [0.25, 0.3) is 0 Å². The van der Waals surface area contributed by atoms with E-state index in [1.54, 1.807) is 0 Å². The van der Waals surface area contributed by atoms with Gasteiger partial charge in [0.05, 0.1) is 6.10 Å². The van der Waals surface area contributed by atoms with Crippen LogP contribution in [-0.4, -0.2) is 22.8 Å². The van der Waals surface area contributed by atoms with E-state index in [9.17, 15) is 13.2 Å². The maximum Gasteiger partial charge on any atom is 0.266 e. The molecule has 1 atom stereocenters. The van der Waals surface area contributed by atoms with Crippen molar-refractivity contribution in [3.05, 3.63) is 35.1 Å². The highest BCUT2D eigenvalue weighted by atomic mass is 19.1. The van der Waals surface area contributed by atoms with Crippen LogP contribution in [0.3, 0.4) is 0 Å². The number of benzene rings is 1. The molecule has 0 spiro atoms. The second-order valence-electron chi connectivity index (χ2n) is 6.05. The Bertz CT molecular complexity index is 458. The zero-order valence-corrected chi connectivity index (χ0v) is 14.1. The second-order valence-corrected chi connectivity index (χ2v) is 6.05. The van der Waals surface area contributed by atoms with Gasteiger partial charge in [0.2, 0.25) is 0 Å². The van der Waals surface area contributed by atoms with Crippen molar-refractivity contribution in [2.45, 2.75) is 77.3 Å². The Morgan fingerprint density at radius 2 is 1.46 bits per heavy atom. The molecule has 1 aromatic rings. The first kappa shape index (κ1) is 20.9. The van der Waals surface area contributed by atoms with E-state index in [2.05, 4.69) is 6.92 Å². The van der Waals surface area contributed by atoms with Crippen molar-refractivity contribution < 1.29 is 28.1 Å². The summed E-state index contributed by atoms with van der Waals surface area (Å²) in [4.78, 5) is 0. The molecular weight excluding hydrogens is 321 g/mol. The quantitative estimate of drug-likeness (QED) is 0.434. The maximum atomic E-state index is 13.7. The third-order valence-corrected chi connectivity index (χ3v) is 3.98. The van der Waals surface area contributed by atoms with Gasteiger partial charge in [-0.3, -0.25) is 0 Å². The summed E-state index contributed by atoms with van der Waals surface area (Å²) in [6.45, 7) is 0.140. The molecule has 0 radical (unpaired) electrons. The van der Waals surface area contributed by atoms with Gasteiger partial charge in [-0.1, -0.05) is 51.9 Å². The monoisotopic (exact) mass is 348 g/mol. The first-order chi connectivity index (χ1) is 11.4. The Morgan fingerprint density at radius 1 is 0.917 bits per heavy atom. The summed E-state index contributed by atoms with van der Waals surface area (Å²) in [6.07, 6.45) is 7.02. The van der Waals surface area contributed by atoms with Crippen molar-refractivity contribution >= 4 is 0 Å². The summed E-state index contributed by atoms with van der Waals surface area (Å²) in [5.74, 6) is -2.97. The van der Waals surface area contributed by atoms with E-state index >= 15 is 0 Å². The number of halogens is 3. The van der Waals surface area contributed by atoms with Crippen molar-refractivity contribution in [2.75, 3.05) is 0 Å². The van der Waals surface area contributed by atoms with E-state index in [1.165, 1.54) is 19.3 Å². The van der Waals surface area contributed by atoms with Crippen LogP contribution in [0.4, 0.5) is 13.2 Å². The summed E-state index contributed by atoms with van der Waals surface area (Å²) in [7, 11) is 0. The van der Waals surface area contributed by atoms with Crippen molar-refractivity contribution in [3.8, 4) is 0 Å². The highest BCUT2D eigenvalue weighted by Gasteiger charge is 2.19. The first-order valence-electron chi connectivity index (χ1n) is 8.59. The zero-order chi connectivity index (χ0) is 17.9. The number of hydrogen-bond acceptors (Lipinski definition) is 3. The van der Waals surface area contributed by atoms with Crippen LogP contribution < -0.4 is 0 Å². The highest BCUT2D eigenvalue weighted by Crippen LogP contribution is 2.21. The van der Waals surface area contributed by atoms with Gasteiger partial charge < -0.3 is 14.9 Å². The smallest absolute Gasteiger partial charge is 0.266 e. The lowest BCUT2D eigenvalue weighted by atomic mass is 10.0. The fourth-order valence-electron chi connectivity index (χ4n) is 2.71. The summed E-state index contributed by atoms with van der Waals surface area (Å²) in [6, 6.07) is 1.22. The number of rotatable bonds is 12. The SMILES string of the molecule is CCCCCCCCCC(Cc1c(F)cc(F)cc1F)OC(O)O. The van der Waals surface area contributed by atoms with Crippen LogP contribution in [0.1, 0.15) is 63.9 Å². The molecule has 0 amide bonds. The maximum absolute atomic E-state index is 13.7. The van der Waals surface area contributed by atoms with Crippen LogP contribution in [-0.2, 0) is 11.2 Å². The number of aliphatic hydroxyl groups excluding tert-OH is 1. The molecule has 2 N–H and O–H groups in total. The molecule has 138 valence electrons. The Hall–Kier alpha value is -1.11. The number of hydrogen-bond donors (Lipinski definition) is 2. The third kappa shape index (κ3) is 8.13. The van der Waals surface area contributed by atoms with Crippen LogP contribution in [0.15, 0.2) is 12.1 Å². The van der Waals surface area contributed by atoms with Crippen molar-refractivity contribution in [2.24, 2.45) is 0 Å². The molecule has 3 nitrogen and oxygen atoms in total. The van der Waals surface area contributed by atoms with Gasteiger partial charge in [0.15, 0.2) is 0 Å². The Kier molecular flexibility index (Phi) is 9.98. The normalized spacial score (nSPS) is 12.8. The molecule has 0 bridgehead atoms. The molecule has 0 saturated carbocycles. The number of ether oxygens (including phenoxy) is 1. The molecule has 6 heteroatoms. The molecule has 0 aliphatic heterocycles. The second kappa shape index (κ2) is 11.4. The van der Waals surface area contributed by atoms with E-state index in [-0.39, 0.29) is 12.0 Å². The van der Waals surface area contributed by atoms with Crippen LogP contribution in [0.5, 0.6) is 0 Å². The van der Waals surface area contributed by atoms with Gasteiger partial charge in [-0.05, 0) is 6.42 Å². The minimum Gasteiger partial charge on any atom is -0.346 e. The average molecular weight is 348 g/mol. The summed E-state index contributed by atoms with van der Waals surface area (Å²) in [5.41, 5.74) is -0.301. The van der Waals surface area contributed by atoms with E-state index in [0.717, 1.165) is 25.7 Å². The van der Waals surface area contributed by atoms with Crippen LogP contribution >= 0.6 is 0 Å². The van der Waals surface area contributed by atoms with E-state index in [4.69, 9.17) is 14.9 Å². The van der Waals surface area contributed by atoms with E-state index in [0.29, 0.717) is 18.6 Å². The summed E-state index contributed by atoms with van der Waals surface area (Å²) >= 11 is 0. The highest BCUT2D eigenvalue weighted by molar-refractivity contribution is 5.21. The molecule has 0 aromatic heterocycles. The fraction of sp³-hybridized carbons (Fsp3) is 0.667. The molecule has 0 aliphatic rings. The lowest BCUT2D eigenvalue weighted by Gasteiger charge is -2.19. The molecule has 0 heterocycles. The van der Waals surface area contributed by atoms with Gasteiger partial charge in [-0.25, -0.2) is 13.2 Å². The summed E-state index contributed by atoms with van der Waals surface area (Å²) < 4.78 is 45.3. The number of unbranched alkanes of at least 4 members (excludes halogenated alkanes) is 6. The summed E-state index contributed by atoms with van der Waals surface area (Å²) in [5, 5.41) is 17.9. The predicted molar refractivity (Wildman–Crippen MR) is 85.7 cm³/mol. The third-order valence-electron chi connectivity index (χ3n) is 3.98. The molecule has 1 unspecified atom stereocenters. The van der Waals surface area contributed by atoms with Crippen molar-refractivity contribution in [3.63, 3.8) is 0 Å². The minimum atomic E-state index is -2.01. The topological polar surface area (TPSA) is 49.7 Å². The first-order valence-corrected chi connectivity index (χ1v) is 8.59. The fourth-order valence-corrected chi connectivity index (χ4v) is 2.71. The van der Waals surface area contributed by atoms with Crippen LogP contribution in [0.2, 0.25) is 0 Å². The minimum absolute atomic E-state index is 0.175. The lowest BCUT2D eigenvalue weighted by Crippen LogP contribution is -2.24. The van der Waals surface area contributed by atoms with Gasteiger partial charge in [-0.15, -0.1) is 0 Å². The van der Waals surface area contributed by atoms with E-state index < -0.39 is 30.0 Å². The van der Waals surface area contributed by atoms with Crippen LogP contribution in [0, 0.1) is 17.5 Å². The van der Waals surface area contributed by atoms with Crippen molar-refractivity contribution in [1.82, 2.24) is 0 Å². The van der Waals surface area contributed by atoms with Gasteiger partial charge in [0.25, 0.3) is 6.48 Å². The molecular formula is C18H27F3O3. The van der Waals surface area contributed by atoms with Gasteiger partial charge in [0.1, 0.15) is 17.5 Å². The number of aliphatic hydroxyl groups is 2. The molecule has 0 saturated heterocycles. The average Bonchev–Trinajstić information content (AvgIpc) is 2.49. The molecule has 0 fully saturated rings. The molecule has 24 heavy (non-hydrogen) atoms. The van der Waals surface area contributed by atoms with Gasteiger partial charge >= 0.3 is 0 Å². The zero-order valence-electron chi connectivity index (χ0n) is 14.1. The standard InChI is InChI=1S/C18H27F3O3/c1-2-3-4-5-6-7-8-9-14(24-18(22)23)12-15-16(20)10-13(19)11-17(15)21/h10-11,14,18,22-23H,2-9,12H2,1H3. The predicted octanol–water partition coefficient (Wildman–Crippen LogP) is 4.44. The van der Waals surface area contributed by atoms with Crippen molar-refractivity contribution in [1.29, 1.82) is 0 Å². The van der Waals surface area contributed by atoms with Gasteiger partial charge in [-0.2, -0.15) is 0 Å². The Morgan fingerprint density at radius 3 is 2.00 bits per heavy atom. The molecule has 1 rings (SSSR count). The molecule has 0 aliphatic carbocycles. The Balaban J connectivity index is 2.51. The molecule has 1 aromatic carbocycles. The Labute approximate surface area is 141 Å². The van der Waals surface area contributed by atoms with E-state index in [1.807, 2.05) is 0 Å².